The third-order valence-corrected chi connectivity index (χ3v) is 3.33. The summed E-state index contributed by atoms with van der Waals surface area (Å²) in [7, 11) is 0. The number of unbranched alkanes of at least 4 members (excludes halogenated alkanes) is 1. The Morgan fingerprint density at radius 2 is 1.32 bits per heavy atom. The lowest BCUT2D eigenvalue weighted by Crippen LogP contribution is -2.52. The Balaban J connectivity index is 3.87. The molecular formula is C14H26N4O4. The molecule has 0 aliphatic heterocycles. The summed E-state index contributed by atoms with van der Waals surface area (Å²) in [4.78, 5) is 44.1. The van der Waals surface area contributed by atoms with Crippen molar-refractivity contribution in [2.24, 2.45) is 5.73 Å². The van der Waals surface area contributed by atoms with Gasteiger partial charge in [-0.3, -0.25) is 14.5 Å². The van der Waals surface area contributed by atoms with Crippen molar-refractivity contribution in [1.82, 2.24) is 15.5 Å². The molecule has 0 heterocycles. The summed E-state index contributed by atoms with van der Waals surface area (Å²) in [6.07, 6.45) is 3.98. The van der Waals surface area contributed by atoms with Crippen LogP contribution < -0.4 is 16.4 Å². The van der Waals surface area contributed by atoms with Crippen molar-refractivity contribution in [3.8, 4) is 0 Å². The molecule has 0 atom stereocenters. The minimum Gasteiger partial charge on any atom is -0.330 e. The molecule has 0 bridgehead atoms. The lowest BCUT2D eigenvalue weighted by atomic mass is 9.97. The van der Waals surface area contributed by atoms with E-state index in [1.54, 1.807) is 0 Å². The number of rotatable bonds is 16. The molecular weight excluding hydrogens is 288 g/mol. The molecule has 0 aromatic rings. The van der Waals surface area contributed by atoms with Crippen LogP contribution in [0.4, 0.5) is 0 Å². The molecule has 0 aromatic heterocycles. The van der Waals surface area contributed by atoms with Gasteiger partial charge in [-0.05, 0) is 58.4 Å². The Bertz CT molecular complexity index is 323. The van der Waals surface area contributed by atoms with E-state index < -0.39 is 5.54 Å². The highest BCUT2D eigenvalue weighted by molar-refractivity contribution is 5.95. The van der Waals surface area contributed by atoms with Gasteiger partial charge < -0.3 is 26.0 Å². The molecule has 0 aromatic carbocycles. The zero-order valence-electron chi connectivity index (χ0n) is 12.8. The van der Waals surface area contributed by atoms with E-state index in [0.29, 0.717) is 30.6 Å². The van der Waals surface area contributed by atoms with Crippen LogP contribution in [0.25, 0.3) is 0 Å². The molecule has 0 aliphatic carbocycles. The molecule has 8 heteroatoms. The fourth-order valence-corrected chi connectivity index (χ4v) is 1.88. The van der Waals surface area contributed by atoms with Crippen molar-refractivity contribution in [2.45, 2.75) is 31.2 Å². The van der Waals surface area contributed by atoms with E-state index in [0.717, 1.165) is 38.9 Å². The molecule has 0 spiro atoms. The number of hydrogen-bond acceptors (Lipinski definition) is 7. The maximum Gasteiger partial charge on any atom is 0.217 e. The number of aldehydes is 2. The Morgan fingerprint density at radius 3 is 1.77 bits per heavy atom. The third kappa shape index (κ3) is 7.39. The molecule has 2 amide bonds. The summed E-state index contributed by atoms with van der Waals surface area (Å²) in [5, 5.41) is 6.36. The van der Waals surface area contributed by atoms with Crippen molar-refractivity contribution in [2.75, 3.05) is 32.7 Å². The van der Waals surface area contributed by atoms with Gasteiger partial charge in [0.15, 0.2) is 18.1 Å². The quantitative estimate of drug-likeness (QED) is 0.179. The molecule has 0 saturated heterocycles. The highest BCUT2D eigenvalue weighted by Crippen LogP contribution is 2.11. The summed E-state index contributed by atoms with van der Waals surface area (Å²) in [5.41, 5.74) is 3.67. The Morgan fingerprint density at radius 1 is 0.818 bits per heavy atom. The van der Waals surface area contributed by atoms with Crippen LogP contribution in [0.15, 0.2) is 0 Å². The van der Waals surface area contributed by atoms with E-state index in [1.807, 2.05) is 0 Å². The van der Waals surface area contributed by atoms with Crippen LogP contribution in [0.1, 0.15) is 25.7 Å². The molecule has 0 aliphatic rings. The maximum absolute atomic E-state index is 11.1. The van der Waals surface area contributed by atoms with Gasteiger partial charge in [-0.25, -0.2) is 0 Å². The maximum atomic E-state index is 11.1. The number of imide groups is 1. The minimum absolute atomic E-state index is 0.0617. The summed E-state index contributed by atoms with van der Waals surface area (Å²) >= 11 is 0. The predicted molar refractivity (Wildman–Crippen MR) is 82.1 cm³/mol. The van der Waals surface area contributed by atoms with Gasteiger partial charge in [0, 0.05) is 0 Å². The van der Waals surface area contributed by atoms with Crippen molar-refractivity contribution in [3.05, 3.63) is 0 Å². The summed E-state index contributed by atoms with van der Waals surface area (Å²) < 4.78 is 0. The van der Waals surface area contributed by atoms with Crippen LogP contribution in [0, 0.1) is 0 Å². The largest absolute Gasteiger partial charge is 0.330 e. The first-order valence-electron chi connectivity index (χ1n) is 7.44. The van der Waals surface area contributed by atoms with E-state index in [4.69, 9.17) is 5.73 Å². The van der Waals surface area contributed by atoms with Crippen molar-refractivity contribution in [3.63, 3.8) is 0 Å². The second-order valence-electron chi connectivity index (χ2n) is 4.94. The van der Waals surface area contributed by atoms with Gasteiger partial charge in [-0.2, -0.15) is 0 Å². The summed E-state index contributed by atoms with van der Waals surface area (Å²) in [6.45, 7) is 3.60. The smallest absolute Gasteiger partial charge is 0.217 e. The molecule has 0 radical (unpaired) electrons. The average Bonchev–Trinajstić information content (AvgIpc) is 2.55. The van der Waals surface area contributed by atoms with Gasteiger partial charge >= 0.3 is 0 Å². The molecule has 0 rings (SSSR count). The number of amides is 2. The molecule has 0 unspecified atom stereocenters. The topological polar surface area (TPSA) is 122 Å². The average molecular weight is 314 g/mol. The molecule has 0 saturated carbocycles. The molecule has 8 nitrogen and oxygen atoms in total. The van der Waals surface area contributed by atoms with E-state index in [-0.39, 0.29) is 19.2 Å². The fourth-order valence-electron chi connectivity index (χ4n) is 1.88. The van der Waals surface area contributed by atoms with Gasteiger partial charge in [-0.15, -0.1) is 0 Å². The standard InChI is InChI=1S/C14H26N4O4/c15-5-3-8-16-6-1-2-7-17-9-4-14(10-19,11-20)18(12-21)13-22/h10-13,16-17H,1-9,15H2. The van der Waals surface area contributed by atoms with Gasteiger partial charge in [0.25, 0.3) is 0 Å². The van der Waals surface area contributed by atoms with E-state index in [2.05, 4.69) is 10.6 Å². The van der Waals surface area contributed by atoms with Gasteiger partial charge in [0.2, 0.25) is 12.8 Å². The SMILES string of the molecule is NCCCNCCCCNCCC(C=O)(C=O)N(C=O)C=O. The Kier molecular flexibility index (Phi) is 12.1. The highest BCUT2D eigenvalue weighted by Gasteiger charge is 2.35. The van der Waals surface area contributed by atoms with Crippen molar-refractivity contribution >= 4 is 25.4 Å². The van der Waals surface area contributed by atoms with Crippen molar-refractivity contribution < 1.29 is 19.2 Å². The monoisotopic (exact) mass is 314 g/mol. The lowest BCUT2D eigenvalue weighted by molar-refractivity contribution is -0.145. The van der Waals surface area contributed by atoms with E-state index in [9.17, 15) is 19.2 Å². The highest BCUT2D eigenvalue weighted by atomic mass is 16.2. The van der Waals surface area contributed by atoms with E-state index in [1.165, 1.54) is 0 Å². The number of nitrogens with one attached hydrogen (secondary N) is 2. The first-order valence-corrected chi connectivity index (χ1v) is 7.44. The van der Waals surface area contributed by atoms with Crippen molar-refractivity contribution in [1.29, 1.82) is 0 Å². The predicted octanol–water partition coefficient (Wildman–Crippen LogP) is -1.56. The van der Waals surface area contributed by atoms with Crippen LogP contribution in [0.5, 0.6) is 0 Å². The number of carbonyl (C=O) groups is 4. The first-order chi connectivity index (χ1) is 10.7. The first kappa shape index (κ1) is 20.4. The number of nitrogens with zero attached hydrogens (tertiary/aromatic N) is 1. The molecule has 22 heavy (non-hydrogen) atoms. The van der Waals surface area contributed by atoms with Crippen LogP contribution in [-0.4, -0.2) is 68.6 Å². The number of hydrogen-bond donors (Lipinski definition) is 3. The zero-order chi connectivity index (χ0) is 16.7. The second-order valence-corrected chi connectivity index (χ2v) is 4.94. The number of nitrogens with two attached hydrogens (primary N) is 1. The molecule has 126 valence electrons. The Hall–Kier alpha value is -1.64. The van der Waals surface area contributed by atoms with Crippen LogP contribution in [-0.2, 0) is 19.2 Å². The Labute approximate surface area is 130 Å². The number of carbonyl (C=O) groups excluding carboxylic acids is 4. The second kappa shape index (κ2) is 13.1. The van der Waals surface area contributed by atoms with Crippen LogP contribution in [0.2, 0.25) is 0 Å². The fraction of sp³-hybridized carbons (Fsp3) is 0.714. The van der Waals surface area contributed by atoms with Gasteiger partial charge in [0.1, 0.15) is 0 Å². The van der Waals surface area contributed by atoms with Gasteiger partial charge in [-0.1, -0.05) is 0 Å². The third-order valence-electron chi connectivity index (χ3n) is 3.33. The van der Waals surface area contributed by atoms with E-state index >= 15 is 0 Å². The summed E-state index contributed by atoms with van der Waals surface area (Å²) in [5.74, 6) is 0. The van der Waals surface area contributed by atoms with Gasteiger partial charge in [0.05, 0.1) is 0 Å². The molecule has 0 fully saturated rings. The normalized spacial score (nSPS) is 11.0. The summed E-state index contributed by atoms with van der Waals surface area (Å²) in [6, 6.07) is 0. The van der Waals surface area contributed by atoms with Crippen LogP contribution in [0.3, 0.4) is 0 Å². The van der Waals surface area contributed by atoms with Crippen LogP contribution >= 0.6 is 0 Å². The lowest BCUT2D eigenvalue weighted by Gasteiger charge is -2.27. The minimum atomic E-state index is -1.71. The molecule has 4 N–H and O–H groups in total. The zero-order valence-corrected chi connectivity index (χ0v) is 12.8.